The highest BCUT2D eigenvalue weighted by Gasteiger charge is 2.24. The Kier molecular flexibility index (Phi) is 6.98. The normalized spacial score (nSPS) is 14.5. The highest BCUT2D eigenvalue weighted by atomic mass is 35.5. The van der Waals surface area contributed by atoms with E-state index in [0.29, 0.717) is 29.0 Å². The minimum Gasteiger partial charge on any atom is -0.459 e. The van der Waals surface area contributed by atoms with Crippen LogP contribution < -0.4 is 10.6 Å². The van der Waals surface area contributed by atoms with E-state index in [1.54, 1.807) is 30.3 Å². The molecule has 3 rings (SSSR count). The van der Waals surface area contributed by atoms with Gasteiger partial charge in [-0.2, -0.15) is 0 Å². The van der Waals surface area contributed by atoms with Crippen molar-refractivity contribution in [2.24, 2.45) is 0 Å². The van der Waals surface area contributed by atoms with Gasteiger partial charge in [0.25, 0.3) is 5.91 Å². The molecule has 0 unspecified atom stereocenters. The van der Waals surface area contributed by atoms with Gasteiger partial charge in [-0.3, -0.25) is 9.59 Å². The van der Waals surface area contributed by atoms with Crippen LogP contribution in [0, 0.1) is 0 Å². The summed E-state index contributed by atoms with van der Waals surface area (Å²) >= 11 is 6.08. The summed E-state index contributed by atoms with van der Waals surface area (Å²) in [6.07, 6.45) is 7.21. The molecule has 7 heteroatoms. The molecule has 1 aliphatic rings. The predicted molar refractivity (Wildman–Crippen MR) is 111 cm³/mol. The van der Waals surface area contributed by atoms with Gasteiger partial charge in [-0.1, -0.05) is 30.9 Å². The van der Waals surface area contributed by atoms with E-state index in [0.717, 1.165) is 12.8 Å². The molecule has 1 fully saturated rings. The van der Waals surface area contributed by atoms with Crippen molar-refractivity contribution in [1.29, 1.82) is 0 Å². The molecule has 1 aromatic heterocycles. The topological polar surface area (TPSA) is 74.6 Å². The molecule has 0 atom stereocenters. The zero-order valence-corrected chi connectivity index (χ0v) is 16.8. The molecule has 1 aromatic carbocycles. The fraction of sp³-hybridized carbons (Fsp3) is 0.429. The van der Waals surface area contributed by atoms with Gasteiger partial charge in [0.1, 0.15) is 0 Å². The molecule has 2 amide bonds. The van der Waals surface area contributed by atoms with Gasteiger partial charge in [-0.05, 0) is 50.1 Å². The lowest BCUT2D eigenvalue weighted by molar-refractivity contribution is -0.132. The second kappa shape index (κ2) is 9.64. The van der Waals surface area contributed by atoms with E-state index in [1.807, 2.05) is 11.8 Å². The van der Waals surface area contributed by atoms with Crippen LogP contribution >= 0.6 is 11.6 Å². The highest BCUT2D eigenvalue weighted by Crippen LogP contribution is 2.27. The SMILES string of the molecule is CCN(C(=O)CNc1ccc(Cl)cc1NC(=O)c1ccco1)C1CCCCC1. The van der Waals surface area contributed by atoms with Crippen LogP contribution in [0.25, 0.3) is 0 Å². The summed E-state index contributed by atoms with van der Waals surface area (Å²) in [7, 11) is 0. The molecule has 150 valence electrons. The number of likely N-dealkylation sites (N-methyl/N-ethyl adjacent to an activating group) is 1. The summed E-state index contributed by atoms with van der Waals surface area (Å²) in [6.45, 7) is 2.88. The second-order valence-corrected chi connectivity index (χ2v) is 7.38. The summed E-state index contributed by atoms with van der Waals surface area (Å²) in [5.41, 5.74) is 1.14. The zero-order chi connectivity index (χ0) is 19.9. The van der Waals surface area contributed by atoms with Crippen molar-refractivity contribution in [3.8, 4) is 0 Å². The maximum absolute atomic E-state index is 12.8. The van der Waals surface area contributed by atoms with E-state index in [4.69, 9.17) is 16.0 Å². The summed E-state index contributed by atoms with van der Waals surface area (Å²) < 4.78 is 5.12. The third kappa shape index (κ3) is 5.07. The first kappa shape index (κ1) is 20.3. The van der Waals surface area contributed by atoms with Crippen molar-refractivity contribution < 1.29 is 14.0 Å². The van der Waals surface area contributed by atoms with E-state index in [-0.39, 0.29) is 24.1 Å². The van der Waals surface area contributed by atoms with Crippen LogP contribution in [0.1, 0.15) is 49.6 Å². The first-order valence-corrected chi connectivity index (χ1v) is 10.1. The number of hydrogen-bond donors (Lipinski definition) is 2. The maximum Gasteiger partial charge on any atom is 0.291 e. The van der Waals surface area contributed by atoms with Crippen LogP contribution in [-0.4, -0.2) is 35.8 Å². The Balaban J connectivity index is 1.66. The lowest BCUT2D eigenvalue weighted by Gasteiger charge is -2.33. The number of rotatable bonds is 7. The molecule has 1 aliphatic carbocycles. The number of benzene rings is 1. The molecule has 2 aromatic rings. The monoisotopic (exact) mass is 403 g/mol. The third-order valence-corrected chi connectivity index (χ3v) is 5.32. The number of amides is 2. The molecule has 1 heterocycles. The number of furan rings is 1. The number of hydrogen-bond acceptors (Lipinski definition) is 4. The highest BCUT2D eigenvalue weighted by molar-refractivity contribution is 6.31. The Morgan fingerprint density at radius 1 is 1.18 bits per heavy atom. The van der Waals surface area contributed by atoms with Crippen molar-refractivity contribution in [1.82, 2.24) is 4.90 Å². The maximum atomic E-state index is 12.8. The molecular weight excluding hydrogens is 378 g/mol. The van der Waals surface area contributed by atoms with Gasteiger partial charge in [0.05, 0.1) is 24.2 Å². The lowest BCUT2D eigenvalue weighted by atomic mass is 9.94. The Labute approximate surface area is 170 Å². The smallest absolute Gasteiger partial charge is 0.291 e. The van der Waals surface area contributed by atoms with Crippen molar-refractivity contribution in [2.45, 2.75) is 45.1 Å². The van der Waals surface area contributed by atoms with Crippen LogP contribution in [-0.2, 0) is 4.79 Å². The molecule has 1 saturated carbocycles. The van der Waals surface area contributed by atoms with Gasteiger partial charge in [-0.15, -0.1) is 0 Å². The lowest BCUT2D eigenvalue weighted by Crippen LogP contribution is -2.44. The van der Waals surface area contributed by atoms with Crippen molar-refractivity contribution >= 4 is 34.8 Å². The first-order valence-electron chi connectivity index (χ1n) is 9.76. The largest absolute Gasteiger partial charge is 0.459 e. The van der Waals surface area contributed by atoms with Gasteiger partial charge < -0.3 is 20.0 Å². The number of carbonyl (C=O) groups is 2. The predicted octanol–water partition coefficient (Wildman–Crippen LogP) is 4.78. The Hall–Kier alpha value is -2.47. The quantitative estimate of drug-likeness (QED) is 0.697. The number of nitrogens with one attached hydrogen (secondary N) is 2. The molecule has 0 saturated heterocycles. The molecular formula is C21H26ClN3O3. The summed E-state index contributed by atoms with van der Waals surface area (Å²) in [5, 5.41) is 6.42. The first-order chi connectivity index (χ1) is 13.6. The average molecular weight is 404 g/mol. The van der Waals surface area contributed by atoms with Gasteiger partial charge in [0.2, 0.25) is 5.91 Å². The van der Waals surface area contributed by atoms with Crippen LogP contribution in [0.3, 0.4) is 0 Å². The van der Waals surface area contributed by atoms with Gasteiger partial charge in [0.15, 0.2) is 5.76 Å². The zero-order valence-electron chi connectivity index (χ0n) is 16.0. The second-order valence-electron chi connectivity index (χ2n) is 6.95. The molecule has 0 aliphatic heterocycles. The molecule has 0 radical (unpaired) electrons. The van der Waals surface area contributed by atoms with E-state index < -0.39 is 0 Å². The minimum atomic E-state index is -0.376. The molecule has 0 bridgehead atoms. The summed E-state index contributed by atoms with van der Waals surface area (Å²) in [4.78, 5) is 27.0. The van der Waals surface area contributed by atoms with Crippen molar-refractivity contribution in [2.75, 3.05) is 23.7 Å². The standard InChI is InChI=1S/C21H26ClN3O3/c1-2-25(16-7-4-3-5-8-16)20(26)14-23-17-11-10-15(22)13-18(17)24-21(27)19-9-6-12-28-19/h6,9-13,16,23H,2-5,7-8,14H2,1H3,(H,24,27). The van der Waals surface area contributed by atoms with E-state index in [1.165, 1.54) is 25.5 Å². The van der Waals surface area contributed by atoms with Crippen LogP contribution in [0.5, 0.6) is 0 Å². The van der Waals surface area contributed by atoms with Crippen LogP contribution in [0.4, 0.5) is 11.4 Å². The number of halogens is 1. The molecule has 28 heavy (non-hydrogen) atoms. The fourth-order valence-electron chi connectivity index (χ4n) is 3.67. The van der Waals surface area contributed by atoms with Crippen molar-refractivity contribution in [3.05, 3.63) is 47.4 Å². The molecule has 0 spiro atoms. The van der Waals surface area contributed by atoms with E-state index >= 15 is 0 Å². The average Bonchev–Trinajstić information content (AvgIpc) is 3.24. The number of anilines is 2. The minimum absolute atomic E-state index is 0.0626. The number of carbonyl (C=O) groups excluding carboxylic acids is 2. The van der Waals surface area contributed by atoms with Crippen LogP contribution in [0.15, 0.2) is 41.0 Å². The third-order valence-electron chi connectivity index (χ3n) is 5.08. The Bertz CT molecular complexity index is 801. The van der Waals surface area contributed by atoms with E-state index in [9.17, 15) is 9.59 Å². The molecule has 2 N–H and O–H groups in total. The Morgan fingerprint density at radius 2 is 1.96 bits per heavy atom. The summed E-state index contributed by atoms with van der Waals surface area (Å²) in [6, 6.07) is 8.68. The van der Waals surface area contributed by atoms with Crippen molar-refractivity contribution in [3.63, 3.8) is 0 Å². The molecule has 6 nitrogen and oxygen atoms in total. The van der Waals surface area contributed by atoms with Gasteiger partial charge >= 0.3 is 0 Å². The van der Waals surface area contributed by atoms with Gasteiger partial charge in [-0.25, -0.2) is 0 Å². The van der Waals surface area contributed by atoms with E-state index in [2.05, 4.69) is 10.6 Å². The van der Waals surface area contributed by atoms with Crippen LogP contribution in [0.2, 0.25) is 5.02 Å². The Morgan fingerprint density at radius 3 is 2.64 bits per heavy atom. The number of nitrogens with zero attached hydrogens (tertiary/aromatic N) is 1. The fourth-order valence-corrected chi connectivity index (χ4v) is 3.84. The van der Waals surface area contributed by atoms with Gasteiger partial charge in [0, 0.05) is 17.6 Å². The summed E-state index contributed by atoms with van der Waals surface area (Å²) in [5.74, 6) is -0.108.